The van der Waals surface area contributed by atoms with E-state index in [-0.39, 0.29) is 12.4 Å². The summed E-state index contributed by atoms with van der Waals surface area (Å²) in [5, 5.41) is 0. The number of halogens is 1. The van der Waals surface area contributed by atoms with Gasteiger partial charge >= 0.3 is 0 Å². The molecule has 0 fully saturated rings. The van der Waals surface area contributed by atoms with Gasteiger partial charge in [-0.1, -0.05) is 26.2 Å². The van der Waals surface area contributed by atoms with E-state index in [4.69, 9.17) is 0 Å². The summed E-state index contributed by atoms with van der Waals surface area (Å²) in [7, 11) is 0. The minimum atomic E-state index is 0. The standard InChI is InChI=1S/C10H18N2.ClH/c1-3-4-5-6-10(2)12-8-7-11-9-12;/h7-10H,3-6H2,1-2H3;1H. The van der Waals surface area contributed by atoms with Crippen LogP contribution in [0.1, 0.15) is 45.6 Å². The van der Waals surface area contributed by atoms with Crippen molar-refractivity contribution in [3.63, 3.8) is 0 Å². The van der Waals surface area contributed by atoms with E-state index >= 15 is 0 Å². The molecule has 0 saturated heterocycles. The van der Waals surface area contributed by atoms with Crippen LogP contribution >= 0.6 is 12.4 Å². The van der Waals surface area contributed by atoms with Crippen molar-refractivity contribution in [1.29, 1.82) is 0 Å². The molecule has 0 radical (unpaired) electrons. The molecule has 1 unspecified atom stereocenters. The second-order valence-corrected chi connectivity index (χ2v) is 3.35. The van der Waals surface area contributed by atoms with Crippen LogP contribution in [0.4, 0.5) is 0 Å². The van der Waals surface area contributed by atoms with Gasteiger partial charge in [-0.2, -0.15) is 0 Å². The Morgan fingerprint density at radius 1 is 1.38 bits per heavy atom. The zero-order valence-corrected chi connectivity index (χ0v) is 9.26. The molecular formula is C10H19ClN2. The molecule has 0 aliphatic carbocycles. The molecular weight excluding hydrogens is 184 g/mol. The van der Waals surface area contributed by atoms with Crippen molar-refractivity contribution in [2.45, 2.75) is 45.6 Å². The van der Waals surface area contributed by atoms with Crippen molar-refractivity contribution in [3.05, 3.63) is 18.7 Å². The van der Waals surface area contributed by atoms with Gasteiger partial charge in [0.25, 0.3) is 0 Å². The van der Waals surface area contributed by atoms with Gasteiger partial charge in [-0.15, -0.1) is 12.4 Å². The Bertz CT molecular complexity index is 197. The highest BCUT2D eigenvalue weighted by Gasteiger charge is 2.01. The van der Waals surface area contributed by atoms with E-state index < -0.39 is 0 Å². The van der Waals surface area contributed by atoms with E-state index in [1.807, 2.05) is 18.7 Å². The molecule has 0 N–H and O–H groups in total. The largest absolute Gasteiger partial charge is 0.335 e. The molecule has 0 bridgehead atoms. The minimum Gasteiger partial charge on any atom is -0.335 e. The van der Waals surface area contributed by atoms with Gasteiger partial charge in [-0.05, 0) is 13.3 Å². The number of aromatic nitrogens is 2. The quantitative estimate of drug-likeness (QED) is 0.669. The molecule has 0 aromatic carbocycles. The van der Waals surface area contributed by atoms with Gasteiger partial charge in [-0.3, -0.25) is 0 Å². The normalized spacial score (nSPS) is 12.2. The van der Waals surface area contributed by atoms with Crippen LogP contribution in [0.15, 0.2) is 18.7 Å². The average molecular weight is 203 g/mol. The maximum absolute atomic E-state index is 4.03. The topological polar surface area (TPSA) is 17.8 Å². The molecule has 0 amide bonds. The third-order valence-corrected chi connectivity index (χ3v) is 2.26. The van der Waals surface area contributed by atoms with Crippen LogP contribution in [0.3, 0.4) is 0 Å². The van der Waals surface area contributed by atoms with E-state index in [2.05, 4.69) is 23.4 Å². The van der Waals surface area contributed by atoms with Crippen LogP contribution < -0.4 is 0 Å². The number of hydrogen-bond acceptors (Lipinski definition) is 1. The van der Waals surface area contributed by atoms with Gasteiger partial charge in [0.15, 0.2) is 0 Å². The zero-order valence-electron chi connectivity index (χ0n) is 8.44. The van der Waals surface area contributed by atoms with Crippen molar-refractivity contribution in [2.75, 3.05) is 0 Å². The fraction of sp³-hybridized carbons (Fsp3) is 0.700. The second-order valence-electron chi connectivity index (χ2n) is 3.35. The van der Waals surface area contributed by atoms with Crippen molar-refractivity contribution >= 4 is 12.4 Å². The molecule has 76 valence electrons. The van der Waals surface area contributed by atoms with Crippen LogP contribution in [0, 0.1) is 0 Å². The first-order chi connectivity index (χ1) is 5.84. The fourth-order valence-corrected chi connectivity index (χ4v) is 1.37. The van der Waals surface area contributed by atoms with Crippen LogP contribution in [0.25, 0.3) is 0 Å². The van der Waals surface area contributed by atoms with Gasteiger partial charge < -0.3 is 4.57 Å². The van der Waals surface area contributed by atoms with Gasteiger partial charge in [0.1, 0.15) is 0 Å². The summed E-state index contributed by atoms with van der Waals surface area (Å²) in [4.78, 5) is 4.03. The Kier molecular flexibility index (Phi) is 6.69. The molecule has 1 rings (SSSR count). The van der Waals surface area contributed by atoms with Crippen LogP contribution in [-0.4, -0.2) is 9.55 Å². The van der Waals surface area contributed by atoms with Gasteiger partial charge in [0.05, 0.1) is 6.33 Å². The number of imidazole rings is 1. The average Bonchev–Trinajstić information content (AvgIpc) is 2.56. The molecule has 3 heteroatoms. The summed E-state index contributed by atoms with van der Waals surface area (Å²) < 4.78 is 2.18. The van der Waals surface area contributed by atoms with Gasteiger partial charge in [-0.25, -0.2) is 4.98 Å². The van der Waals surface area contributed by atoms with Crippen LogP contribution in [0.5, 0.6) is 0 Å². The highest BCUT2D eigenvalue weighted by molar-refractivity contribution is 5.85. The third-order valence-electron chi connectivity index (χ3n) is 2.26. The smallest absolute Gasteiger partial charge is 0.0948 e. The Labute approximate surface area is 86.8 Å². The Hall–Kier alpha value is -0.500. The molecule has 1 atom stereocenters. The Morgan fingerprint density at radius 3 is 2.69 bits per heavy atom. The summed E-state index contributed by atoms with van der Waals surface area (Å²) in [6, 6.07) is 0.610. The highest BCUT2D eigenvalue weighted by atomic mass is 35.5. The van der Waals surface area contributed by atoms with E-state index in [9.17, 15) is 0 Å². The lowest BCUT2D eigenvalue weighted by molar-refractivity contribution is 0.477. The summed E-state index contributed by atoms with van der Waals surface area (Å²) in [5.74, 6) is 0. The Morgan fingerprint density at radius 2 is 2.15 bits per heavy atom. The lowest BCUT2D eigenvalue weighted by Gasteiger charge is -2.11. The van der Waals surface area contributed by atoms with Gasteiger partial charge in [0.2, 0.25) is 0 Å². The molecule has 1 aromatic rings. The molecule has 0 saturated carbocycles. The fourth-order valence-electron chi connectivity index (χ4n) is 1.37. The second kappa shape index (κ2) is 6.96. The SMILES string of the molecule is CCCCCC(C)n1ccnc1.Cl. The summed E-state index contributed by atoms with van der Waals surface area (Å²) >= 11 is 0. The first-order valence-corrected chi connectivity index (χ1v) is 4.82. The first-order valence-electron chi connectivity index (χ1n) is 4.82. The third kappa shape index (κ3) is 4.32. The highest BCUT2D eigenvalue weighted by Crippen LogP contribution is 2.13. The van der Waals surface area contributed by atoms with Crippen molar-refractivity contribution < 1.29 is 0 Å². The molecule has 2 nitrogen and oxygen atoms in total. The molecule has 0 aliphatic rings. The molecule has 1 heterocycles. The molecule has 1 aromatic heterocycles. The number of nitrogens with zero attached hydrogens (tertiary/aromatic N) is 2. The molecule has 0 spiro atoms. The summed E-state index contributed by atoms with van der Waals surface area (Å²) in [6.45, 7) is 4.49. The van der Waals surface area contributed by atoms with E-state index in [0.29, 0.717) is 6.04 Å². The monoisotopic (exact) mass is 202 g/mol. The van der Waals surface area contributed by atoms with E-state index in [1.165, 1.54) is 25.7 Å². The zero-order chi connectivity index (χ0) is 8.81. The summed E-state index contributed by atoms with van der Waals surface area (Å²) in [5.41, 5.74) is 0. The number of rotatable bonds is 5. The predicted octanol–water partition coefficient (Wildman–Crippen LogP) is 3.45. The lowest BCUT2D eigenvalue weighted by Crippen LogP contribution is -2.01. The Balaban J connectivity index is 0.00000144. The van der Waals surface area contributed by atoms with E-state index in [1.54, 1.807) is 0 Å². The number of hydrogen-bond donors (Lipinski definition) is 0. The van der Waals surface area contributed by atoms with Crippen molar-refractivity contribution in [2.24, 2.45) is 0 Å². The maximum Gasteiger partial charge on any atom is 0.0948 e. The van der Waals surface area contributed by atoms with Crippen LogP contribution in [-0.2, 0) is 0 Å². The summed E-state index contributed by atoms with van der Waals surface area (Å²) in [6.07, 6.45) is 11.0. The number of unbranched alkanes of at least 4 members (excludes halogenated alkanes) is 2. The van der Waals surface area contributed by atoms with E-state index in [0.717, 1.165) is 0 Å². The first kappa shape index (κ1) is 12.5. The van der Waals surface area contributed by atoms with Gasteiger partial charge in [0, 0.05) is 18.4 Å². The minimum absolute atomic E-state index is 0. The van der Waals surface area contributed by atoms with Crippen molar-refractivity contribution in [3.8, 4) is 0 Å². The van der Waals surface area contributed by atoms with Crippen LogP contribution in [0.2, 0.25) is 0 Å². The maximum atomic E-state index is 4.03. The van der Waals surface area contributed by atoms with Crippen molar-refractivity contribution in [1.82, 2.24) is 9.55 Å². The molecule has 0 aliphatic heterocycles. The molecule has 13 heavy (non-hydrogen) atoms. The predicted molar refractivity (Wildman–Crippen MR) is 58.3 cm³/mol. The lowest BCUT2D eigenvalue weighted by atomic mass is 10.1.